The van der Waals surface area contributed by atoms with Crippen molar-refractivity contribution in [1.29, 1.82) is 0 Å². The van der Waals surface area contributed by atoms with Crippen LogP contribution in [0.5, 0.6) is 0 Å². The Balaban J connectivity index is 0.000000197. The topological polar surface area (TPSA) is 40.1 Å². The second-order valence-corrected chi connectivity index (χ2v) is 13.7. The standard InChI is InChI=1S/C9H8O2.2C6H5.C2H5.Sn/c1-2-7-3-5-8(6-4-7)9(10)11;2*1-2-4-6-5-3-1;1-2;/h2-6H,1H2,(H,10,11);2*1-5H;1H2,2H3;/q;;;;+1/p-1. The Kier molecular flexibility index (Phi) is 8.16. The van der Waals surface area contributed by atoms with Crippen LogP contribution in [0, 0.1) is 0 Å². The Morgan fingerprint density at radius 1 is 0.885 bits per heavy atom. The van der Waals surface area contributed by atoms with E-state index in [2.05, 4.69) is 74.2 Å². The van der Waals surface area contributed by atoms with Gasteiger partial charge in [0.2, 0.25) is 0 Å². The van der Waals surface area contributed by atoms with Gasteiger partial charge in [-0.1, -0.05) is 36.9 Å². The predicted octanol–water partition coefficient (Wildman–Crippen LogP) is 3.01. The molecular formula is C23H22O2Sn. The summed E-state index contributed by atoms with van der Waals surface area (Å²) in [7, 11) is 0. The van der Waals surface area contributed by atoms with Crippen LogP contribution in [0.3, 0.4) is 0 Å². The summed E-state index contributed by atoms with van der Waals surface area (Å²) in [5, 5.41) is 10.3. The van der Waals surface area contributed by atoms with Gasteiger partial charge in [-0.05, 0) is 11.1 Å². The Bertz CT molecular complexity index is 772. The molecule has 0 aliphatic carbocycles. The van der Waals surface area contributed by atoms with E-state index in [-0.39, 0.29) is 5.56 Å². The summed E-state index contributed by atoms with van der Waals surface area (Å²) < 4.78 is 4.55. The molecule has 0 aliphatic heterocycles. The molecule has 0 saturated heterocycles. The SMILES string of the molecule is C=Cc1ccc(C(=O)[O-])cc1.C[CH2][Sn+]([c]1ccccc1)[c]1ccccc1. The molecule has 2 nitrogen and oxygen atoms in total. The van der Waals surface area contributed by atoms with Crippen molar-refractivity contribution < 1.29 is 9.90 Å². The number of rotatable bonds is 5. The number of carboxylic acids is 1. The molecule has 0 heterocycles. The first-order valence-electron chi connectivity index (χ1n) is 8.56. The van der Waals surface area contributed by atoms with E-state index >= 15 is 0 Å². The summed E-state index contributed by atoms with van der Waals surface area (Å²) in [5.74, 6) is -1.15. The van der Waals surface area contributed by atoms with Crippen LogP contribution in [-0.4, -0.2) is 25.7 Å². The molecule has 26 heavy (non-hydrogen) atoms. The molecule has 3 rings (SSSR count). The first kappa shape index (κ1) is 20.0. The number of carboxylic acid groups (broad SMARTS) is 1. The fourth-order valence-corrected chi connectivity index (χ4v) is 9.29. The van der Waals surface area contributed by atoms with E-state index in [1.165, 1.54) is 16.6 Å². The number of hydrogen-bond acceptors (Lipinski definition) is 2. The van der Waals surface area contributed by atoms with Crippen molar-refractivity contribution in [2.75, 3.05) is 0 Å². The fourth-order valence-electron chi connectivity index (χ4n) is 2.61. The molecular weight excluding hydrogens is 427 g/mol. The Morgan fingerprint density at radius 3 is 1.69 bits per heavy atom. The number of aromatic carboxylic acids is 1. The molecule has 0 N–H and O–H groups in total. The van der Waals surface area contributed by atoms with Crippen LogP contribution in [0.25, 0.3) is 6.08 Å². The van der Waals surface area contributed by atoms with E-state index in [9.17, 15) is 9.90 Å². The summed E-state index contributed by atoms with van der Waals surface area (Å²) >= 11 is -1.54. The molecule has 3 aromatic carbocycles. The van der Waals surface area contributed by atoms with Gasteiger partial charge < -0.3 is 9.90 Å². The molecule has 130 valence electrons. The summed E-state index contributed by atoms with van der Waals surface area (Å²) in [6.07, 6.45) is 1.65. The quantitative estimate of drug-likeness (QED) is 0.563. The molecule has 0 saturated carbocycles. The van der Waals surface area contributed by atoms with Gasteiger partial charge in [0.25, 0.3) is 0 Å². The van der Waals surface area contributed by atoms with E-state index in [1.54, 1.807) is 25.4 Å². The van der Waals surface area contributed by atoms with Gasteiger partial charge in [-0.25, -0.2) is 0 Å². The van der Waals surface area contributed by atoms with E-state index in [4.69, 9.17) is 0 Å². The average molecular weight is 449 g/mol. The van der Waals surface area contributed by atoms with Crippen molar-refractivity contribution >= 4 is 39.0 Å². The first-order valence-corrected chi connectivity index (χ1v) is 13.4. The zero-order chi connectivity index (χ0) is 18.8. The molecule has 0 bridgehead atoms. The van der Waals surface area contributed by atoms with Crippen LogP contribution in [0.15, 0.2) is 91.5 Å². The van der Waals surface area contributed by atoms with Crippen LogP contribution < -0.4 is 12.3 Å². The Morgan fingerprint density at radius 2 is 1.35 bits per heavy atom. The summed E-state index contributed by atoms with van der Waals surface area (Å²) in [6, 6.07) is 28.4. The molecule has 0 unspecified atom stereocenters. The fraction of sp³-hybridized carbons (Fsp3) is 0.0870. The normalized spacial score (nSPS) is 9.58. The third-order valence-corrected chi connectivity index (χ3v) is 11.9. The third kappa shape index (κ3) is 5.88. The minimum atomic E-state index is -1.54. The van der Waals surface area contributed by atoms with Gasteiger partial charge in [-0.2, -0.15) is 0 Å². The molecule has 0 aliphatic rings. The molecule has 3 heteroatoms. The number of carbonyl (C=O) groups excluding carboxylic acids is 1. The zero-order valence-corrected chi connectivity index (χ0v) is 17.7. The third-order valence-electron chi connectivity index (χ3n) is 3.98. The maximum absolute atomic E-state index is 10.3. The van der Waals surface area contributed by atoms with Crippen LogP contribution >= 0.6 is 0 Å². The molecule has 0 atom stereocenters. The Labute approximate surface area is 162 Å². The zero-order valence-electron chi connectivity index (χ0n) is 14.9. The molecule has 0 amide bonds. The van der Waals surface area contributed by atoms with Crippen molar-refractivity contribution in [3.8, 4) is 0 Å². The van der Waals surface area contributed by atoms with E-state index in [1.807, 2.05) is 0 Å². The first-order chi connectivity index (χ1) is 12.7. The molecule has 0 spiro atoms. The van der Waals surface area contributed by atoms with Crippen LogP contribution in [-0.2, 0) is 0 Å². The van der Waals surface area contributed by atoms with E-state index in [0.29, 0.717) is 0 Å². The van der Waals surface area contributed by atoms with Gasteiger partial charge in [0, 0.05) is 0 Å². The van der Waals surface area contributed by atoms with Gasteiger partial charge in [0.1, 0.15) is 0 Å². The van der Waals surface area contributed by atoms with Crippen LogP contribution in [0.1, 0.15) is 22.8 Å². The summed E-state index contributed by atoms with van der Waals surface area (Å²) in [5.41, 5.74) is 1.09. The second-order valence-electron chi connectivity index (χ2n) is 5.68. The molecule has 0 aromatic heterocycles. The molecule has 0 radical (unpaired) electrons. The van der Waals surface area contributed by atoms with Gasteiger partial charge in [-0.15, -0.1) is 0 Å². The summed E-state index contributed by atoms with van der Waals surface area (Å²) in [6.45, 7) is 5.87. The van der Waals surface area contributed by atoms with Gasteiger partial charge in [0.15, 0.2) is 0 Å². The maximum atomic E-state index is 10.3. The molecule has 0 fully saturated rings. The van der Waals surface area contributed by atoms with Crippen molar-refractivity contribution in [1.82, 2.24) is 0 Å². The van der Waals surface area contributed by atoms with Crippen molar-refractivity contribution in [3.63, 3.8) is 0 Å². The van der Waals surface area contributed by atoms with Crippen LogP contribution in [0.4, 0.5) is 0 Å². The van der Waals surface area contributed by atoms with Crippen molar-refractivity contribution in [2.45, 2.75) is 11.4 Å². The van der Waals surface area contributed by atoms with Gasteiger partial charge >= 0.3 is 98.9 Å². The predicted molar refractivity (Wildman–Crippen MR) is 109 cm³/mol. The van der Waals surface area contributed by atoms with Crippen molar-refractivity contribution in [3.05, 3.63) is 103 Å². The number of benzene rings is 3. The van der Waals surface area contributed by atoms with Gasteiger partial charge in [0.05, 0.1) is 5.97 Å². The van der Waals surface area contributed by atoms with Crippen LogP contribution in [0.2, 0.25) is 4.44 Å². The van der Waals surface area contributed by atoms with Gasteiger partial charge in [-0.3, -0.25) is 0 Å². The molecule has 3 aromatic rings. The monoisotopic (exact) mass is 450 g/mol. The minimum absolute atomic E-state index is 0.190. The summed E-state index contributed by atoms with van der Waals surface area (Å²) in [4.78, 5) is 10.3. The Hall–Kier alpha value is -2.33. The number of carbonyl (C=O) groups is 1. The van der Waals surface area contributed by atoms with E-state index < -0.39 is 25.7 Å². The van der Waals surface area contributed by atoms with Crippen molar-refractivity contribution in [2.24, 2.45) is 0 Å². The second kappa shape index (κ2) is 10.6. The van der Waals surface area contributed by atoms with E-state index in [0.717, 1.165) is 5.56 Å². The average Bonchev–Trinajstić information content (AvgIpc) is 2.71. The number of hydrogen-bond donors (Lipinski definition) is 0.